The zero-order chi connectivity index (χ0) is 21.3. The van der Waals surface area contributed by atoms with Crippen LogP contribution >= 0.6 is 0 Å². The molecule has 0 bridgehead atoms. The van der Waals surface area contributed by atoms with Crippen LogP contribution in [0, 0.1) is 10.1 Å². The van der Waals surface area contributed by atoms with E-state index < -0.39 is 4.92 Å². The molecule has 0 spiro atoms. The van der Waals surface area contributed by atoms with Gasteiger partial charge in [0.15, 0.2) is 5.96 Å². The Morgan fingerprint density at radius 1 is 1.13 bits per heavy atom. The summed E-state index contributed by atoms with van der Waals surface area (Å²) in [5.41, 5.74) is 1.00. The number of likely N-dealkylation sites (tertiary alicyclic amines) is 1. The largest absolute Gasteiger partial charge is 0.450 e. The van der Waals surface area contributed by atoms with Crippen molar-refractivity contribution in [2.45, 2.75) is 64.1 Å². The van der Waals surface area contributed by atoms with Crippen molar-refractivity contribution in [1.29, 1.82) is 0 Å². The lowest BCUT2D eigenvalue weighted by Gasteiger charge is -2.32. The molecule has 0 unspecified atom stereocenters. The zero-order valence-corrected chi connectivity index (χ0v) is 17.5. The van der Waals surface area contributed by atoms with Crippen molar-refractivity contribution in [3.63, 3.8) is 0 Å². The number of nitrogens with zero attached hydrogens (tertiary/aromatic N) is 3. The number of hydrogen-bond donors (Lipinski definition) is 2. The lowest BCUT2D eigenvalue weighted by molar-refractivity contribution is -0.384. The van der Waals surface area contributed by atoms with Crippen LogP contribution in [0.25, 0.3) is 0 Å². The molecule has 1 heterocycles. The molecule has 1 amide bonds. The van der Waals surface area contributed by atoms with Gasteiger partial charge in [-0.25, -0.2) is 9.79 Å². The Morgan fingerprint density at radius 3 is 2.30 bits per heavy atom. The fraction of sp³-hybridized carbons (Fsp3) is 0.619. The zero-order valence-electron chi connectivity index (χ0n) is 17.5. The average molecular weight is 418 g/mol. The van der Waals surface area contributed by atoms with Crippen LogP contribution < -0.4 is 10.6 Å². The summed E-state index contributed by atoms with van der Waals surface area (Å²) in [6, 6.07) is 7.16. The van der Waals surface area contributed by atoms with E-state index >= 15 is 0 Å². The second-order valence-electron chi connectivity index (χ2n) is 7.82. The number of non-ortho nitro benzene ring substituents is 1. The van der Waals surface area contributed by atoms with E-state index in [9.17, 15) is 14.9 Å². The number of carbonyl (C=O) groups is 1. The van der Waals surface area contributed by atoms with E-state index in [1.807, 2.05) is 6.92 Å². The number of nitro groups is 1. The van der Waals surface area contributed by atoms with Gasteiger partial charge in [-0.15, -0.1) is 0 Å². The molecular weight excluding hydrogens is 386 g/mol. The van der Waals surface area contributed by atoms with E-state index in [4.69, 9.17) is 9.73 Å². The monoisotopic (exact) mass is 417 g/mol. The highest BCUT2D eigenvalue weighted by Gasteiger charge is 2.25. The molecule has 9 nitrogen and oxygen atoms in total. The van der Waals surface area contributed by atoms with Crippen molar-refractivity contribution in [3.05, 3.63) is 39.9 Å². The highest BCUT2D eigenvalue weighted by atomic mass is 16.6. The molecule has 1 aromatic carbocycles. The minimum absolute atomic E-state index is 0.0820. The summed E-state index contributed by atoms with van der Waals surface area (Å²) < 4.78 is 5.09. The smallest absolute Gasteiger partial charge is 0.409 e. The van der Waals surface area contributed by atoms with Gasteiger partial charge in [-0.05, 0) is 38.2 Å². The van der Waals surface area contributed by atoms with Gasteiger partial charge in [0.25, 0.3) is 5.69 Å². The molecule has 1 aromatic rings. The number of rotatable bonds is 6. The quantitative estimate of drug-likeness (QED) is 0.318. The predicted molar refractivity (Wildman–Crippen MR) is 114 cm³/mol. The second-order valence-corrected chi connectivity index (χ2v) is 7.82. The minimum atomic E-state index is -0.398. The van der Waals surface area contributed by atoms with Crippen LogP contribution in [0.5, 0.6) is 0 Å². The van der Waals surface area contributed by atoms with E-state index in [1.165, 1.54) is 25.0 Å². The molecule has 30 heavy (non-hydrogen) atoms. The van der Waals surface area contributed by atoms with Crippen LogP contribution in [-0.2, 0) is 11.3 Å². The molecule has 0 aromatic heterocycles. The number of hydrogen-bond acceptors (Lipinski definition) is 5. The van der Waals surface area contributed by atoms with Gasteiger partial charge in [0, 0.05) is 37.3 Å². The Hall–Kier alpha value is -2.84. The molecular formula is C21H31N5O4. The molecule has 9 heteroatoms. The second kappa shape index (κ2) is 10.8. The number of aliphatic imine (C=N–C) groups is 1. The van der Waals surface area contributed by atoms with Crippen molar-refractivity contribution in [2.75, 3.05) is 19.7 Å². The molecule has 2 fully saturated rings. The maximum absolute atomic E-state index is 11.9. The Bertz CT molecular complexity index is 738. The SMILES string of the molecule is CCOC(=O)N1CCC(NC(=NCc2ccc([N+](=O)[O-])cc2)NC2CCCC2)CC1. The number of ether oxygens (including phenoxy) is 1. The third kappa shape index (κ3) is 6.33. The number of amides is 1. The summed E-state index contributed by atoms with van der Waals surface area (Å²) in [7, 11) is 0. The summed E-state index contributed by atoms with van der Waals surface area (Å²) in [4.78, 5) is 28.8. The van der Waals surface area contributed by atoms with E-state index in [-0.39, 0.29) is 17.8 Å². The average Bonchev–Trinajstić information content (AvgIpc) is 3.26. The summed E-state index contributed by atoms with van der Waals surface area (Å²) in [6.45, 7) is 3.98. The Morgan fingerprint density at radius 2 is 1.73 bits per heavy atom. The molecule has 2 N–H and O–H groups in total. The van der Waals surface area contributed by atoms with Gasteiger partial charge < -0.3 is 20.3 Å². The molecule has 1 saturated carbocycles. The van der Waals surface area contributed by atoms with Gasteiger partial charge in [-0.1, -0.05) is 25.0 Å². The van der Waals surface area contributed by atoms with Gasteiger partial charge in [0.1, 0.15) is 0 Å². The Balaban J connectivity index is 1.58. The fourth-order valence-corrected chi connectivity index (χ4v) is 3.90. The molecule has 1 aliphatic heterocycles. The Kier molecular flexibility index (Phi) is 7.87. The van der Waals surface area contributed by atoms with Crippen LogP contribution in [0.2, 0.25) is 0 Å². The lowest BCUT2D eigenvalue weighted by Crippen LogP contribution is -2.51. The van der Waals surface area contributed by atoms with Gasteiger partial charge in [0.05, 0.1) is 18.1 Å². The molecule has 0 atom stereocenters. The highest BCUT2D eigenvalue weighted by Crippen LogP contribution is 2.18. The first kappa shape index (κ1) is 21.9. The van der Waals surface area contributed by atoms with E-state index in [1.54, 1.807) is 17.0 Å². The summed E-state index contributed by atoms with van der Waals surface area (Å²) in [5.74, 6) is 0.773. The fourth-order valence-electron chi connectivity index (χ4n) is 3.90. The Labute approximate surface area is 177 Å². The van der Waals surface area contributed by atoms with Crippen molar-refractivity contribution >= 4 is 17.7 Å². The van der Waals surface area contributed by atoms with Crippen LogP contribution in [0.4, 0.5) is 10.5 Å². The summed E-state index contributed by atoms with van der Waals surface area (Å²) in [6.07, 6.45) is 6.16. The van der Waals surface area contributed by atoms with Gasteiger partial charge in [-0.2, -0.15) is 0 Å². The molecule has 1 saturated heterocycles. The molecule has 0 radical (unpaired) electrons. The maximum atomic E-state index is 11.9. The standard InChI is InChI=1S/C21H31N5O4/c1-2-30-21(27)25-13-11-18(12-14-25)24-20(23-17-5-3-4-6-17)22-15-16-7-9-19(10-8-16)26(28)29/h7-10,17-18H,2-6,11-15H2,1H3,(H2,22,23,24). The number of carbonyl (C=O) groups excluding carboxylic acids is 1. The third-order valence-corrected chi connectivity index (χ3v) is 5.62. The molecule has 1 aliphatic carbocycles. The van der Waals surface area contributed by atoms with Crippen LogP contribution in [0.1, 0.15) is 51.0 Å². The first-order valence-corrected chi connectivity index (χ1v) is 10.8. The van der Waals surface area contributed by atoms with Crippen molar-refractivity contribution in [2.24, 2.45) is 4.99 Å². The van der Waals surface area contributed by atoms with Gasteiger partial charge in [-0.3, -0.25) is 10.1 Å². The van der Waals surface area contributed by atoms with Crippen LogP contribution in [0.15, 0.2) is 29.3 Å². The topological polar surface area (TPSA) is 109 Å². The molecule has 3 rings (SSSR count). The van der Waals surface area contributed by atoms with Gasteiger partial charge >= 0.3 is 6.09 Å². The number of benzene rings is 1. The summed E-state index contributed by atoms with van der Waals surface area (Å²) in [5, 5.41) is 17.9. The molecule has 2 aliphatic rings. The van der Waals surface area contributed by atoms with Crippen molar-refractivity contribution in [3.8, 4) is 0 Å². The number of piperidine rings is 1. The normalized spacial score (nSPS) is 18.3. The number of nitro benzene ring substituents is 1. The predicted octanol–water partition coefficient (Wildman–Crippen LogP) is 3.19. The molecule has 164 valence electrons. The third-order valence-electron chi connectivity index (χ3n) is 5.62. The first-order chi connectivity index (χ1) is 14.5. The van der Waals surface area contributed by atoms with E-state index in [0.717, 1.165) is 37.2 Å². The van der Waals surface area contributed by atoms with Crippen LogP contribution in [0.3, 0.4) is 0 Å². The van der Waals surface area contributed by atoms with Crippen molar-refractivity contribution < 1.29 is 14.5 Å². The first-order valence-electron chi connectivity index (χ1n) is 10.8. The minimum Gasteiger partial charge on any atom is -0.450 e. The van der Waals surface area contributed by atoms with Crippen LogP contribution in [-0.4, -0.2) is 53.7 Å². The van der Waals surface area contributed by atoms with E-state index in [2.05, 4.69) is 10.6 Å². The highest BCUT2D eigenvalue weighted by molar-refractivity contribution is 5.80. The number of nitrogens with one attached hydrogen (secondary N) is 2. The van der Waals surface area contributed by atoms with Gasteiger partial charge in [0.2, 0.25) is 0 Å². The van der Waals surface area contributed by atoms with Crippen molar-refractivity contribution in [1.82, 2.24) is 15.5 Å². The van der Waals surface area contributed by atoms with E-state index in [0.29, 0.717) is 32.3 Å². The lowest BCUT2D eigenvalue weighted by atomic mass is 10.1. The maximum Gasteiger partial charge on any atom is 0.409 e. The summed E-state index contributed by atoms with van der Waals surface area (Å²) >= 11 is 0. The number of guanidine groups is 1.